The molecule has 2 nitrogen and oxygen atoms in total. The first-order valence-electron chi connectivity index (χ1n) is 4.03. The van der Waals surface area contributed by atoms with E-state index in [0.29, 0.717) is 23.4 Å². The number of aromatic nitrogens is 1. The maximum atomic E-state index is 5.73. The molecule has 0 amide bonds. The number of hydrogen-bond donors (Lipinski definition) is 0. The minimum Gasteiger partial charge on any atom is -0.477 e. The van der Waals surface area contributed by atoms with Crippen LogP contribution in [0.4, 0.5) is 0 Å². The first-order valence-corrected chi connectivity index (χ1v) is 5.20. The van der Waals surface area contributed by atoms with Crippen molar-refractivity contribution in [3.63, 3.8) is 0 Å². The summed E-state index contributed by atoms with van der Waals surface area (Å²) >= 11 is 9.06. The zero-order valence-electron chi connectivity index (χ0n) is 7.55. The quantitative estimate of drug-likeness (QED) is 0.833. The molecule has 1 heterocycles. The van der Waals surface area contributed by atoms with E-state index in [-0.39, 0.29) is 0 Å². The van der Waals surface area contributed by atoms with Crippen molar-refractivity contribution in [1.29, 1.82) is 0 Å². The fourth-order valence-electron chi connectivity index (χ4n) is 0.754. The van der Waals surface area contributed by atoms with Crippen molar-refractivity contribution in [1.82, 2.24) is 4.98 Å². The lowest BCUT2D eigenvalue weighted by atomic mass is 10.2. The molecule has 0 atom stereocenters. The van der Waals surface area contributed by atoms with Crippen LogP contribution in [0.1, 0.15) is 13.8 Å². The average Bonchev–Trinajstić information content (AvgIpc) is 2.02. The highest BCUT2D eigenvalue weighted by Gasteiger charge is 2.04. The fourth-order valence-corrected chi connectivity index (χ4v) is 1.51. The van der Waals surface area contributed by atoms with Crippen LogP contribution in [-0.4, -0.2) is 11.6 Å². The summed E-state index contributed by atoms with van der Waals surface area (Å²) in [5.41, 5.74) is 0. The predicted octanol–water partition coefficient (Wildman–Crippen LogP) is 3.53. The third kappa shape index (κ3) is 3.53. The summed E-state index contributed by atoms with van der Waals surface area (Å²) in [5, 5.41) is 0.601. The molecule has 72 valence electrons. The van der Waals surface area contributed by atoms with Gasteiger partial charge in [-0.25, -0.2) is 4.98 Å². The molecule has 0 spiro atoms. The summed E-state index contributed by atoms with van der Waals surface area (Å²) in [7, 11) is 0. The average molecular weight is 265 g/mol. The van der Waals surface area contributed by atoms with Crippen molar-refractivity contribution in [2.45, 2.75) is 13.8 Å². The molecule has 13 heavy (non-hydrogen) atoms. The van der Waals surface area contributed by atoms with E-state index in [9.17, 15) is 0 Å². The normalized spacial score (nSPS) is 10.5. The Morgan fingerprint density at radius 3 is 2.85 bits per heavy atom. The summed E-state index contributed by atoms with van der Waals surface area (Å²) < 4.78 is 6.23. The zero-order valence-corrected chi connectivity index (χ0v) is 9.89. The molecule has 1 aromatic rings. The van der Waals surface area contributed by atoms with Gasteiger partial charge < -0.3 is 4.74 Å². The van der Waals surface area contributed by atoms with E-state index in [2.05, 4.69) is 34.8 Å². The molecule has 1 aromatic heterocycles. The van der Waals surface area contributed by atoms with Gasteiger partial charge in [-0.3, -0.25) is 0 Å². The van der Waals surface area contributed by atoms with E-state index in [1.54, 1.807) is 12.3 Å². The highest BCUT2D eigenvalue weighted by Crippen LogP contribution is 2.25. The Labute approximate surface area is 91.4 Å². The Hall–Kier alpha value is -0.280. The first kappa shape index (κ1) is 10.8. The standard InChI is InChI=1S/C9H11BrClNO/c1-6(2)5-13-9-8(10)3-7(11)4-12-9/h3-4,6H,5H2,1-2H3. The predicted molar refractivity (Wildman–Crippen MR) is 57.3 cm³/mol. The minimum atomic E-state index is 0.490. The molecule has 0 saturated carbocycles. The van der Waals surface area contributed by atoms with Gasteiger partial charge in [0, 0.05) is 6.20 Å². The van der Waals surface area contributed by atoms with Gasteiger partial charge in [0.15, 0.2) is 0 Å². The lowest BCUT2D eigenvalue weighted by molar-refractivity contribution is 0.259. The van der Waals surface area contributed by atoms with Crippen molar-refractivity contribution in [2.24, 2.45) is 5.92 Å². The first-order chi connectivity index (χ1) is 6.09. The Kier molecular flexibility index (Phi) is 4.00. The van der Waals surface area contributed by atoms with Crippen molar-refractivity contribution in [3.8, 4) is 5.88 Å². The van der Waals surface area contributed by atoms with Gasteiger partial charge in [0.1, 0.15) is 0 Å². The van der Waals surface area contributed by atoms with Crippen LogP contribution >= 0.6 is 27.5 Å². The maximum Gasteiger partial charge on any atom is 0.228 e. The number of ether oxygens (including phenoxy) is 1. The van der Waals surface area contributed by atoms with Crippen LogP contribution in [0.3, 0.4) is 0 Å². The molecule has 4 heteroatoms. The Morgan fingerprint density at radius 1 is 1.62 bits per heavy atom. The molecule has 0 aromatic carbocycles. The van der Waals surface area contributed by atoms with Crippen molar-refractivity contribution in [3.05, 3.63) is 21.8 Å². The third-order valence-corrected chi connectivity index (χ3v) is 2.10. The van der Waals surface area contributed by atoms with Gasteiger partial charge in [0.25, 0.3) is 0 Å². The summed E-state index contributed by atoms with van der Waals surface area (Å²) in [5.74, 6) is 1.09. The fraction of sp³-hybridized carbons (Fsp3) is 0.444. The molecule has 0 bridgehead atoms. The lowest BCUT2D eigenvalue weighted by Crippen LogP contribution is -2.05. The van der Waals surface area contributed by atoms with Crippen LogP contribution in [0.15, 0.2) is 16.7 Å². The van der Waals surface area contributed by atoms with Gasteiger partial charge in [0.05, 0.1) is 16.1 Å². The molecule has 0 N–H and O–H groups in total. The van der Waals surface area contributed by atoms with E-state index in [1.807, 2.05) is 0 Å². The smallest absolute Gasteiger partial charge is 0.228 e. The maximum absolute atomic E-state index is 5.73. The molecular formula is C9H11BrClNO. The van der Waals surface area contributed by atoms with Crippen molar-refractivity contribution >= 4 is 27.5 Å². The molecule has 0 aliphatic heterocycles. The van der Waals surface area contributed by atoms with Crippen LogP contribution in [0, 0.1) is 5.92 Å². The number of hydrogen-bond acceptors (Lipinski definition) is 2. The second kappa shape index (κ2) is 4.82. The molecule has 1 rings (SSSR count). The van der Waals surface area contributed by atoms with Gasteiger partial charge in [-0.05, 0) is 27.9 Å². The number of nitrogens with zero attached hydrogens (tertiary/aromatic N) is 1. The van der Waals surface area contributed by atoms with E-state index < -0.39 is 0 Å². The summed E-state index contributed by atoms with van der Waals surface area (Å²) in [6.45, 7) is 4.83. The summed E-state index contributed by atoms with van der Waals surface area (Å²) in [6, 6.07) is 1.77. The molecule has 0 saturated heterocycles. The van der Waals surface area contributed by atoms with E-state index >= 15 is 0 Å². The highest BCUT2D eigenvalue weighted by atomic mass is 79.9. The summed E-state index contributed by atoms with van der Waals surface area (Å²) in [6.07, 6.45) is 1.57. The Morgan fingerprint density at radius 2 is 2.31 bits per heavy atom. The second-order valence-corrected chi connectivity index (χ2v) is 4.44. The van der Waals surface area contributed by atoms with Gasteiger partial charge >= 0.3 is 0 Å². The van der Waals surface area contributed by atoms with Gasteiger partial charge in [-0.1, -0.05) is 25.4 Å². The summed E-state index contributed by atoms with van der Waals surface area (Å²) in [4.78, 5) is 4.05. The molecule has 0 aliphatic carbocycles. The van der Waals surface area contributed by atoms with Crippen molar-refractivity contribution < 1.29 is 4.74 Å². The Balaban J connectivity index is 2.67. The lowest BCUT2D eigenvalue weighted by Gasteiger charge is -2.08. The van der Waals surface area contributed by atoms with Crippen LogP contribution < -0.4 is 4.74 Å². The van der Waals surface area contributed by atoms with Crippen LogP contribution in [0.25, 0.3) is 0 Å². The molecule has 0 unspecified atom stereocenters. The van der Waals surface area contributed by atoms with E-state index in [1.165, 1.54) is 0 Å². The largest absolute Gasteiger partial charge is 0.477 e. The van der Waals surface area contributed by atoms with Gasteiger partial charge in [0.2, 0.25) is 5.88 Å². The van der Waals surface area contributed by atoms with Gasteiger partial charge in [-0.2, -0.15) is 0 Å². The number of pyridine rings is 1. The molecule has 0 radical (unpaired) electrons. The van der Waals surface area contributed by atoms with Crippen molar-refractivity contribution in [2.75, 3.05) is 6.61 Å². The van der Waals surface area contributed by atoms with Gasteiger partial charge in [-0.15, -0.1) is 0 Å². The molecular weight excluding hydrogens is 253 g/mol. The number of rotatable bonds is 3. The topological polar surface area (TPSA) is 22.1 Å². The highest BCUT2D eigenvalue weighted by molar-refractivity contribution is 9.10. The number of halogens is 2. The zero-order chi connectivity index (χ0) is 9.84. The van der Waals surface area contributed by atoms with E-state index in [4.69, 9.17) is 16.3 Å². The van der Waals surface area contributed by atoms with Crippen LogP contribution in [-0.2, 0) is 0 Å². The SMILES string of the molecule is CC(C)COc1ncc(Cl)cc1Br. The minimum absolute atomic E-state index is 0.490. The second-order valence-electron chi connectivity index (χ2n) is 3.15. The van der Waals surface area contributed by atoms with Crippen LogP contribution in [0.5, 0.6) is 5.88 Å². The third-order valence-electron chi connectivity index (χ3n) is 1.33. The van der Waals surface area contributed by atoms with E-state index in [0.717, 1.165) is 4.47 Å². The van der Waals surface area contributed by atoms with Crippen LogP contribution in [0.2, 0.25) is 5.02 Å². The molecule has 0 aliphatic rings. The monoisotopic (exact) mass is 263 g/mol. The Bertz CT molecular complexity index is 291. The molecule has 0 fully saturated rings.